The molecule has 196 valence electrons. The largest absolute Gasteiger partial charge is 0.494 e. The van der Waals surface area contributed by atoms with Gasteiger partial charge in [-0.2, -0.15) is 0 Å². The first-order valence-electron chi connectivity index (χ1n) is 13.4. The Hall–Kier alpha value is -4.00. The zero-order valence-electron chi connectivity index (χ0n) is 21.9. The van der Waals surface area contributed by atoms with E-state index in [0.717, 1.165) is 47.0 Å². The lowest BCUT2D eigenvalue weighted by Crippen LogP contribution is -2.25. The molecule has 7 heteroatoms. The molecule has 4 aromatic rings. The number of para-hydroxylation sites is 2. The van der Waals surface area contributed by atoms with Gasteiger partial charge in [0.15, 0.2) is 11.5 Å². The van der Waals surface area contributed by atoms with Crippen LogP contribution in [-0.2, 0) is 11.3 Å². The zero-order chi connectivity index (χ0) is 26.1. The van der Waals surface area contributed by atoms with Crippen LogP contribution in [0, 0.1) is 0 Å². The molecule has 0 bridgehead atoms. The Morgan fingerprint density at radius 1 is 1.00 bits per heavy atom. The number of hydrogen-bond acceptors (Lipinski definition) is 5. The fraction of sp³-hybridized carbons (Fsp3) is 0.355. The Bertz CT molecular complexity index is 1440. The summed E-state index contributed by atoms with van der Waals surface area (Å²) in [5.74, 6) is 3.87. The third-order valence-electron chi connectivity index (χ3n) is 7.35. The topological polar surface area (TPSA) is 65.8 Å². The fourth-order valence-corrected chi connectivity index (χ4v) is 5.33. The van der Waals surface area contributed by atoms with E-state index in [1.165, 1.54) is 5.56 Å². The van der Waals surface area contributed by atoms with E-state index in [9.17, 15) is 4.79 Å². The van der Waals surface area contributed by atoms with Crippen LogP contribution in [0.4, 0.5) is 5.69 Å². The van der Waals surface area contributed by atoms with Gasteiger partial charge in [-0.05, 0) is 54.3 Å². The van der Waals surface area contributed by atoms with E-state index in [2.05, 4.69) is 36.6 Å². The smallest absolute Gasteiger partial charge is 0.227 e. The van der Waals surface area contributed by atoms with Gasteiger partial charge in [0.2, 0.25) is 5.91 Å². The first-order chi connectivity index (χ1) is 18.6. The summed E-state index contributed by atoms with van der Waals surface area (Å²) in [6.45, 7) is 7.41. The molecule has 3 aromatic carbocycles. The van der Waals surface area contributed by atoms with E-state index in [1.54, 1.807) is 0 Å². The zero-order valence-corrected chi connectivity index (χ0v) is 21.9. The minimum atomic E-state index is 0.00703. The van der Waals surface area contributed by atoms with Crippen molar-refractivity contribution in [3.63, 3.8) is 0 Å². The number of carbonyl (C=O) groups is 1. The van der Waals surface area contributed by atoms with E-state index >= 15 is 0 Å². The highest BCUT2D eigenvalue weighted by molar-refractivity contribution is 5.97. The molecule has 0 radical (unpaired) electrons. The maximum absolute atomic E-state index is 13.1. The molecule has 0 N–H and O–H groups in total. The van der Waals surface area contributed by atoms with Gasteiger partial charge < -0.3 is 23.7 Å². The van der Waals surface area contributed by atoms with Crippen molar-refractivity contribution in [2.75, 3.05) is 31.3 Å². The van der Waals surface area contributed by atoms with E-state index < -0.39 is 0 Å². The SMILES string of the molecule is CC(C)c1ccc(OCCCn2c(C3CC(=O)N(c4ccc5c(c4)OCCO5)C3)nc3ccccc32)cc1. The molecule has 1 fully saturated rings. The summed E-state index contributed by atoms with van der Waals surface area (Å²) in [6.07, 6.45) is 1.27. The molecule has 1 saturated heterocycles. The maximum Gasteiger partial charge on any atom is 0.227 e. The average Bonchev–Trinajstić information content (AvgIpc) is 3.51. The highest BCUT2D eigenvalue weighted by Crippen LogP contribution is 2.38. The second kappa shape index (κ2) is 10.4. The van der Waals surface area contributed by atoms with Crippen molar-refractivity contribution in [1.82, 2.24) is 9.55 Å². The molecule has 1 atom stereocenters. The quantitative estimate of drug-likeness (QED) is 0.275. The van der Waals surface area contributed by atoms with Crippen molar-refractivity contribution in [3.8, 4) is 17.2 Å². The molecule has 1 amide bonds. The van der Waals surface area contributed by atoms with Crippen molar-refractivity contribution in [2.45, 2.75) is 45.1 Å². The Balaban J connectivity index is 1.17. The summed E-state index contributed by atoms with van der Waals surface area (Å²) in [4.78, 5) is 20.0. The number of anilines is 1. The molecule has 3 heterocycles. The minimum absolute atomic E-state index is 0.00703. The summed E-state index contributed by atoms with van der Waals surface area (Å²) in [5, 5.41) is 0. The highest BCUT2D eigenvalue weighted by atomic mass is 16.6. The van der Waals surface area contributed by atoms with Crippen molar-refractivity contribution in [1.29, 1.82) is 0 Å². The van der Waals surface area contributed by atoms with Gasteiger partial charge in [-0.15, -0.1) is 0 Å². The second-order valence-electron chi connectivity index (χ2n) is 10.3. The van der Waals surface area contributed by atoms with Gasteiger partial charge >= 0.3 is 0 Å². The van der Waals surface area contributed by atoms with E-state index in [4.69, 9.17) is 19.2 Å². The van der Waals surface area contributed by atoms with Crippen molar-refractivity contribution < 1.29 is 19.0 Å². The number of carbonyl (C=O) groups excluding carboxylic acids is 1. The van der Waals surface area contributed by atoms with Crippen molar-refractivity contribution in [3.05, 3.63) is 78.1 Å². The van der Waals surface area contributed by atoms with E-state index in [-0.39, 0.29) is 11.8 Å². The molecule has 0 aliphatic carbocycles. The molecule has 2 aliphatic heterocycles. The molecule has 38 heavy (non-hydrogen) atoms. The molecular weight excluding hydrogens is 478 g/mol. The second-order valence-corrected chi connectivity index (χ2v) is 10.3. The number of hydrogen-bond donors (Lipinski definition) is 0. The van der Waals surface area contributed by atoms with Crippen LogP contribution < -0.4 is 19.1 Å². The van der Waals surface area contributed by atoms with Gasteiger partial charge in [-0.25, -0.2) is 4.98 Å². The Morgan fingerprint density at radius 3 is 2.61 bits per heavy atom. The number of amides is 1. The molecule has 2 aliphatic rings. The number of aryl methyl sites for hydroxylation is 1. The summed E-state index contributed by atoms with van der Waals surface area (Å²) in [7, 11) is 0. The van der Waals surface area contributed by atoms with Gasteiger partial charge in [0, 0.05) is 37.2 Å². The minimum Gasteiger partial charge on any atom is -0.494 e. The van der Waals surface area contributed by atoms with Gasteiger partial charge in [0.1, 0.15) is 24.8 Å². The number of benzene rings is 3. The van der Waals surface area contributed by atoms with Crippen LogP contribution in [0.5, 0.6) is 17.2 Å². The monoisotopic (exact) mass is 511 g/mol. The Kier molecular flexibility index (Phi) is 6.66. The van der Waals surface area contributed by atoms with Crippen molar-refractivity contribution in [2.24, 2.45) is 0 Å². The number of fused-ring (bicyclic) bond motifs is 2. The fourth-order valence-electron chi connectivity index (χ4n) is 5.33. The molecule has 0 saturated carbocycles. The van der Waals surface area contributed by atoms with Crippen LogP contribution in [0.1, 0.15) is 49.9 Å². The van der Waals surface area contributed by atoms with Gasteiger partial charge in [0.05, 0.1) is 17.6 Å². The lowest BCUT2D eigenvalue weighted by Gasteiger charge is -2.22. The maximum atomic E-state index is 13.1. The number of ether oxygens (including phenoxy) is 3. The Morgan fingerprint density at radius 2 is 1.79 bits per heavy atom. The molecular formula is C31H33N3O4. The summed E-state index contributed by atoms with van der Waals surface area (Å²) in [5.41, 5.74) is 4.19. The summed E-state index contributed by atoms with van der Waals surface area (Å²) in [6, 6.07) is 22.3. The van der Waals surface area contributed by atoms with Gasteiger partial charge in [-0.3, -0.25) is 4.79 Å². The predicted molar refractivity (Wildman–Crippen MR) is 148 cm³/mol. The number of rotatable bonds is 8. The van der Waals surface area contributed by atoms with Crippen LogP contribution >= 0.6 is 0 Å². The molecule has 1 unspecified atom stereocenters. The first kappa shape index (κ1) is 24.3. The molecule has 1 aromatic heterocycles. The summed E-state index contributed by atoms with van der Waals surface area (Å²) >= 11 is 0. The number of aromatic nitrogens is 2. The van der Waals surface area contributed by atoms with Crippen LogP contribution in [0.15, 0.2) is 66.7 Å². The lowest BCUT2D eigenvalue weighted by atomic mass is 10.0. The van der Waals surface area contributed by atoms with Crippen molar-refractivity contribution >= 4 is 22.6 Å². The Labute approximate surface area is 222 Å². The van der Waals surface area contributed by atoms with Gasteiger partial charge in [0.25, 0.3) is 0 Å². The number of nitrogens with zero attached hydrogens (tertiary/aromatic N) is 3. The van der Waals surface area contributed by atoms with Gasteiger partial charge in [-0.1, -0.05) is 38.1 Å². The predicted octanol–water partition coefficient (Wildman–Crippen LogP) is 5.92. The lowest BCUT2D eigenvalue weighted by molar-refractivity contribution is -0.117. The highest BCUT2D eigenvalue weighted by Gasteiger charge is 2.35. The molecule has 6 rings (SSSR count). The third-order valence-corrected chi connectivity index (χ3v) is 7.35. The first-order valence-corrected chi connectivity index (χ1v) is 13.4. The van der Waals surface area contributed by atoms with Crippen LogP contribution in [0.2, 0.25) is 0 Å². The standard InChI is InChI=1S/C31H33N3O4/c1-21(2)22-8-11-25(12-9-22)36-15-5-14-33-27-7-4-3-6-26(27)32-31(33)23-18-30(35)34(20-23)24-10-13-28-29(19-24)38-17-16-37-28/h3-4,6-13,19,21,23H,5,14-18,20H2,1-2H3. The van der Waals surface area contributed by atoms with E-state index in [1.807, 2.05) is 53.4 Å². The number of imidazole rings is 1. The van der Waals surface area contributed by atoms with Crippen LogP contribution in [0.3, 0.4) is 0 Å². The van der Waals surface area contributed by atoms with Crippen LogP contribution in [0.25, 0.3) is 11.0 Å². The molecule has 0 spiro atoms. The third kappa shape index (κ3) is 4.80. The van der Waals surface area contributed by atoms with Crippen LogP contribution in [-0.4, -0.2) is 41.8 Å². The molecule has 7 nitrogen and oxygen atoms in total. The average molecular weight is 512 g/mol. The summed E-state index contributed by atoms with van der Waals surface area (Å²) < 4.78 is 19.7. The normalized spacial score (nSPS) is 17.0. The van der Waals surface area contributed by atoms with E-state index in [0.29, 0.717) is 44.5 Å².